The standard InChI is InChI=1S/C10H21NO/c1-2-3-9-12-10(7-8-11)5-4-6-10/h2-9,11H2,1H3. The molecule has 1 aliphatic carbocycles. The molecule has 0 heterocycles. The largest absolute Gasteiger partial charge is 0.375 e. The molecule has 0 spiro atoms. The summed E-state index contributed by atoms with van der Waals surface area (Å²) in [5.41, 5.74) is 5.75. The molecule has 0 amide bonds. The summed E-state index contributed by atoms with van der Waals surface area (Å²) < 4.78 is 5.87. The first kappa shape index (κ1) is 10.0. The molecule has 0 bridgehead atoms. The Hall–Kier alpha value is -0.0800. The molecule has 2 N–H and O–H groups in total. The van der Waals surface area contributed by atoms with Gasteiger partial charge < -0.3 is 10.5 Å². The second-order valence-corrected chi connectivity index (χ2v) is 3.78. The highest BCUT2D eigenvalue weighted by atomic mass is 16.5. The Labute approximate surface area is 75.5 Å². The monoisotopic (exact) mass is 171 g/mol. The van der Waals surface area contributed by atoms with Crippen LogP contribution in [0.15, 0.2) is 0 Å². The Morgan fingerprint density at radius 3 is 2.58 bits per heavy atom. The highest BCUT2D eigenvalue weighted by Gasteiger charge is 2.36. The van der Waals surface area contributed by atoms with Crippen molar-refractivity contribution in [2.45, 2.75) is 51.0 Å². The molecule has 0 unspecified atom stereocenters. The van der Waals surface area contributed by atoms with Crippen LogP contribution in [0.5, 0.6) is 0 Å². The zero-order chi connectivity index (χ0) is 8.86. The summed E-state index contributed by atoms with van der Waals surface area (Å²) in [6, 6.07) is 0. The van der Waals surface area contributed by atoms with Crippen molar-refractivity contribution < 1.29 is 4.74 Å². The minimum atomic E-state index is 0.198. The maximum Gasteiger partial charge on any atom is 0.0694 e. The second kappa shape index (κ2) is 4.83. The molecule has 2 nitrogen and oxygen atoms in total. The molecule has 12 heavy (non-hydrogen) atoms. The molecule has 0 aliphatic heterocycles. The van der Waals surface area contributed by atoms with Crippen LogP contribution in [0.3, 0.4) is 0 Å². The fourth-order valence-electron chi connectivity index (χ4n) is 1.73. The van der Waals surface area contributed by atoms with Gasteiger partial charge in [0, 0.05) is 6.61 Å². The average molecular weight is 171 g/mol. The number of hydrogen-bond acceptors (Lipinski definition) is 2. The van der Waals surface area contributed by atoms with Gasteiger partial charge in [0.2, 0.25) is 0 Å². The Kier molecular flexibility index (Phi) is 4.02. The summed E-state index contributed by atoms with van der Waals surface area (Å²) in [6.45, 7) is 3.89. The lowest BCUT2D eigenvalue weighted by atomic mass is 9.77. The van der Waals surface area contributed by atoms with Crippen molar-refractivity contribution in [1.29, 1.82) is 0 Å². The minimum Gasteiger partial charge on any atom is -0.375 e. The third-order valence-electron chi connectivity index (χ3n) is 2.77. The van der Waals surface area contributed by atoms with Gasteiger partial charge in [0.15, 0.2) is 0 Å². The summed E-state index contributed by atoms with van der Waals surface area (Å²) in [4.78, 5) is 0. The van der Waals surface area contributed by atoms with Crippen LogP contribution in [0.4, 0.5) is 0 Å². The lowest BCUT2D eigenvalue weighted by molar-refractivity contribution is -0.104. The topological polar surface area (TPSA) is 35.2 Å². The molecule has 1 fully saturated rings. The first-order chi connectivity index (χ1) is 5.83. The van der Waals surface area contributed by atoms with Gasteiger partial charge in [-0.2, -0.15) is 0 Å². The summed E-state index contributed by atoms with van der Waals surface area (Å²) in [7, 11) is 0. The molecule has 0 aromatic rings. The molecule has 2 heteroatoms. The summed E-state index contributed by atoms with van der Waals surface area (Å²) in [6.07, 6.45) is 7.25. The highest BCUT2D eigenvalue weighted by Crippen LogP contribution is 2.38. The van der Waals surface area contributed by atoms with E-state index in [0.717, 1.165) is 19.6 Å². The van der Waals surface area contributed by atoms with Crippen molar-refractivity contribution in [2.75, 3.05) is 13.2 Å². The van der Waals surface area contributed by atoms with E-state index in [4.69, 9.17) is 10.5 Å². The number of nitrogens with two attached hydrogens (primary N) is 1. The maximum atomic E-state index is 5.87. The van der Waals surface area contributed by atoms with Gasteiger partial charge >= 0.3 is 0 Å². The Morgan fingerprint density at radius 1 is 1.42 bits per heavy atom. The zero-order valence-corrected chi connectivity index (χ0v) is 8.14. The first-order valence-corrected chi connectivity index (χ1v) is 5.17. The second-order valence-electron chi connectivity index (χ2n) is 3.78. The van der Waals surface area contributed by atoms with Crippen LogP contribution in [0.2, 0.25) is 0 Å². The van der Waals surface area contributed by atoms with Crippen molar-refractivity contribution in [1.82, 2.24) is 0 Å². The number of rotatable bonds is 6. The van der Waals surface area contributed by atoms with Crippen LogP contribution in [0.25, 0.3) is 0 Å². The molecule has 0 atom stereocenters. The first-order valence-electron chi connectivity index (χ1n) is 5.17. The molecular formula is C10H21NO. The molecule has 1 rings (SSSR count). The molecule has 1 aliphatic rings. The Balaban J connectivity index is 2.15. The maximum absolute atomic E-state index is 5.87. The lowest BCUT2D eigenvalue weighted by Crippen LogP contribution is -2.42. The van der Waals surface area contributed by atoms with E-state index in [9.17, 15) is 0 Å². The normalized spacial score (nSPS) is 20.5. The SMILES string of the molecule is CCCCOC1(CCN)CCC1. The average Bonchev–Trinajstić information content (AvgIpc) is 2.00. The smallest absolute Gasteiger partial charge is 0.0694 e. The van der Waals surface area contributed by atoms with Gasteiger partial charge in [0.1, 0.15) is 0 Å². The van der Waals surface area contributed by atoms with Gasteiger partial charge in [-0.3, -0.25) is 0 Å². The van der Waals surface area contributed by atoms with Crippen molar-refractivity contribution in [3.8, 4) is 0 Å². The predicted octanol–water partition coefficient (Wildman–Crippen LogP) is 2.07. The van der Waals surface area contributed by atoms with E-state index < -0.39 is 0 Å². The van der Waals surface area contributed by atoms with Gasteiger partial charge in [-0.25, -0.2) is 0 Å². The number of unbranched alkanes of at least 4 members (excludes halogenated alkanes) is 1. The predicted molar refractivity (Wildman–Crippen MR) is 51.1 cm³/mol. The molecule has 0 radical (unpaired) electrons. The van der Waals surface area contributed by atoms with Crippen molar-refractivity contribution in [2.24, 2.45) is 5.73 Å². The molecule has 1 saturated carbocycles. The summed E-state index contributed by atoms with van der Waals surface area (Å²) >= 11 is 0. The van der Waals surface area contributed by atoms with E-state index in [1.807, 2.05) is 0 Å². The fraction of sp³-hybridized carbons (Fsp3) is 1.00. The quantitative estimate of drug-likeness (QED) is 0.621. The third kappa shape index (κ3) is 2.46. The Morgan fingerprint density at radius 2 is 2.17 bits per heavy atom. The number of ether oxygens (including phenoxy) is 1. The van der Waals surface area contributed by atoms with Crippen LogP contribution in [0, 0.1) is 0 Å². The van der Waals surface area contributed by atoms with E-state index in [0.29, 0.717) is 0 Å². The highest BCUT2D eigenvalue weighted by molar-refractivity contribution is 4.89. The van der Waals surface area contributed by atoms with Gasteiger partial charge in [-0.05, 0) is 38.6 Å². The molecule has 72 valence electrons. The van der Waals surface area contributed by atoms with E-state index in [-0.39, 0.29) is 5.60 Å². The van der Waals surface area contributed by atoms with Gasteiger partial charge in [0.25, 0.3) is 0 Å². The molecule has 0 aromatic heterocycles. The summed E-state index contributed by atoms with van der Waals surface area (Å²) in [5.74, 6) is 0. The fourth-order valence-corrected chi connectivity index (χ4v) is 1.73. The van der Waals surface area contributed by atoms with E-state index in [2.05, 4.69) is 6.92 Å². The van der Waals surface area contributed by atoms with Crippen molar-refractivity contribution in [3.05, 3.63) is 0 Å². The minimum absolute atomic E-state index is 0.198. The van der Waals surface area contributed by atoms with E-state index in [1.165, 1.54) is 32.1 Å². The van der Waals surface area contributed by atoms with E-state index in [1.54, 1.807) is 0 Å². The van der Waals surface area contributed by atoms with Crippen LogP contribution in [-0.2, 0) is 4.74 Å². The van der Waals surface area contributed by atoms with Crippen molar-refractivity contribution in [3.63, 3.8) is 0 Å². The van der Waals surface area contributed by atoms with Crippen LogP contribution in [-0.4, -0.2) is 18.8 Å². The van der Waals surface area contributed by atoms with Gasteiger partial charge in [-0.1, -0.05) is 13.3 Å². The molecule has 0 aromatic carbocycles. The zero-order valence-electron chi connectivity index (χ0n) is 8.14. The van der Waals surface area contributed by atoms with Gasteiger partial charge in [-0.15, -0.1) is 0 Å². The molecule has 0 saturated heterocycles. The van der Waals surface area contributed by atoms with Crippen LogP contribution < -0.4 is 5.73 Å². The van der Waals surface area contributed by atoms with Gasteiger partial charge in [0.05, 0.1) is 5.60 Å². The third-order valence-corrected chi connectivity index (χ3v) is 2.77. The lowest BCUT2D eigenvalue weighted by Gasteiger charge is -2.41. The molecular weight excluding hydrogens is 150 g/mol. The Bertz CT molecular complexity index is 121. The van der Waals surface area contributed by atoms with E-state index >= 15 is 0 Å². The van der Waals surface area contributed by atoms with Crippen LogP contribution in [0.1, 0.15) is 45.4 Å². The summed E-state index contributed by atoms with van der Waals surface area (Å²) in [5, 5.41) is 0. The van der Waals surface area contributed by atoms with Crippen molar-refractivity contribution >= 4 is 0 Å². The number of hydrogen-bond donors (Lipinski definition) is 1. The van der Waals surface area contributed by atoms with Crippen LogP contribution >= 0.6 is 0 Å².